The minimum atomic E-state index is -0.393. The van der Waals surface area contributed by atoms with Gasteiger partial charge in [0.25, 0.3) is 0 Å². The molecule has 7 heteroatoms. The Morgan fingerprint density at radius 3 is 2.78 bits per heavy atom. The molecule has 0 aliphatic carbocycles. The van der Waals surface area contributed by atoms with E-state index >= 15 is 0 Å². The van der Waals surface area contributed by atoms with Crippen LogP contribution in [0.1, 0.15) is 47.4 Å². The lowest BCUT2D eigenvalue weighted by Crippen LogP contribution is -2.17. The first-order chi connectivity index (χ1) is 10.9. The first-order valence-electron chi connectivity index (χ1n) is 7.56. The van der Waals surface area contributed by atoms with Crippen molar-refractivity contribution in [3.63, 3.8) is 0 Å². The van der Waals surface area contributed by atoms with Crippen molar-refractivity contribution >= 4 is 5.97 Å². The highest BCUT2D eigenvalue weighted by atomic mass is 16.5. The maximum atomic E-state index is 11.6. The molecule has 0 aliphatic heterocycles. The highest BCUT2D eigenvalue weighted by Crippen LogP contribution is 2.17. The predicted octanol–water partition coefficient (Wildman–Crippen LogP) is 2.59. The van der Waals surface area contributed by atoms with Crippen molar-refractivity contribution < 1.29 is 18.5 Å². The third-order valence-corrected chi connectivity index (χ3v) is 3.31. The van der Waals surface area contributed by atoms with E-state index in [9.17, 15) is 4.79 Å². The fourth-order valence-corrected chi connectivity index (χ4v) is 2.29. The second-order valence-corrected chi connectivity index (χ2v) is 6.05. The standard InChI is InChI=1S/C16H23N3O4/c1-10(2)6-14-17-15(23-18-14)9-19(4)8-12-7-13(11(3)22-12)16(20)21-5/h7,10H,6,8-9H2,1-5H3. The van der Waals surface area contributed by atoms with E-state index in [-0.39, 0.29) is 0 Å². The zero-order valence-electron chi connectivity index (χ0n) is 14.3. The fourth-order valence-electron chi connectivity index (χ4n) is 2.29. The van der Waals surface area contributed by atoms with Gasteiger partial charge in [-0.2, -0.15) is 4.98 Å². The summed E-state index contributed by atoms with van der Waals surface area (Å²) in [5.41, 5.74) is 0.452. The number of furan rings is 1. The zero-order valence-corrected chi connectivity index (χ0v) is 14.3. The molecule has 0 unspecified atom stereocenters. The summed E-state index contributed by atoms with van der Waals surface area (Å²) in [6, 6.07) is 1.70. The number of aryl methyl sites for hydroxylation is 1. The number of aromatic nitrogens is 2. The predicted molar refractivity (Wildman–Crippen MR) is 82.8 cm³/mol. The van der Waals surface area contributed by atoms with Gasteiger partial charge in [0.15, 0.2) is 5.82 Å². The van der Waals surface area contributed by atoms with Crippen LogP contribution in [0, 0.1) is 12.8 Å². The van der Waals surface area contributed by atoms with Crippen LogP contribution in [0.3, 0.4) is 0 Å². The van der Waals surface area contributed by atoms with E-state index in [0.717, 1.165) is 12.2 Å². The van der Waals surface area contributed by atoms with Crippen LogP contribution in [0.2, 0.25) is 0 Å². The van der Waals surface area contributed by atoms with Crippen molar-refractivity contribution in [2.24, 2.45) is 5.92 Å². The van der Waals surface area contributed by atoms with Crippen molar-refractivity contribution in [3.8, 4) is 0 Å². The molecule has 0 spiro atoms. The Balaban J connectivity index is 1.95. The number of esters is 1. The monoisotopic (exact) mass is 321 g/mol. The quantitative estimate of drug-likeness (QED) is 0.725. The van der Waals surface area contributed by atoms with E-state index in [1.165, 1.54) is 7.11 Å². The Morgan fingerprint density at radius 2 is 2.13 bits per heavy atom. The first-order valence-corrected chi connectivity index (χ1v) is 7.56. The number of nitrogens with zero attached hydrogens (tertiary/aromatic N) is 3. The summed E-state index contributed by atoms with van der Waals surface area (Å²) in [7, 11) is 3.27. The largest absolute Gasteiger partial charge is 0.465 e. The van der Waals surface area contributed by atoms with Crippen LogP contribution in [-0.2, 0) is 24.2 Å². The number of ether oxygens (including phenoxy) is 1. The van der Waals surface area contributed by atoms with Gasteiger partial charge >= 0.3 is 5.97 Å². The van der Waals surface area contributed by atoms with Crippen molar-refractivity contribution in [3.05, 3.63) is 34.9 Å². The Hall–Kier alpha value is -2.15. The van der Waals surface area contributed by atoms with Crippen LogP contribution in [0.4, 0.5) is 0 Å². The van der Waals surface area contributed by atoms with Gasteiger partial charge in [0.05, 0.1) is 20.2 Å². The molecule has 2 aromatic rings. The van der Waals surface area contributed by atoms with Crippen molar-refractivity contribution in [2.75, 3.05) is 14.2 Å². The Morgan fingerprint density at radius 1 is 1.39 bits per heavy atom. The Kier molecular flexibility index (Phi) is 5.54. The molecule has 0 fully saturated rings. The molecule has 126 valence electrons. The van der Waals surface area contributed by atoms with E-state index < -0.39 is 5.97 Å². The van der Waals surface area contributed by atoms with Crippen molar-refractivity contribution in [1.29, 1.82) is 0 Å². The molecule has 0 saturated carbocycles. The molecule has 23 heavy (non-hydrogen) atoms. The van der Waals surface area contributed by atoms with Crippen molar-refractivity contribution in [2.45, 2.75) is 40.3 Å². The van der Waals surface area contributed by atoms with Crippen molar-refractivity contribution in [1.82, 2.24) is 15.0 Å². The minimum absolute atomic E-state index is 0.393. The fraction of sp³-hybridized carbons (Fsp3) is 0.562. The van der Waals surface area contributed by atoms with Gasteiger partial charge in [-0.3, -0.25) is 4.90 Å². The highest BCUT2D eigenvalue weighted by molar-refractivity contribution is 5.90. The summed E-state index contributed by atoms with van der Waals surface area (Å²) < 4.78 is 15.6. The molecule has 2 rings (SSSR count). The summed E-state index contributed by atoms with van der Waals surface area (Å²) in [5.74, 6) is 2.63. The number of carbonyl (C=O) groups is 1. The lowest BCUT2D eigenvalue weighted by molar-refractivity contribution is 0.0599. The Bertz CT molecular complexity index is 660. The van der Waals surface area contributed by atoms with E-state index in [1.807, 2.05) is 11.9 Å². The summed E-state index contributed by atoms with van der Waals surface area (Å²) in [6.07, 6.45) is 0.799. The van der Waals surface area contributed by atoms with Gasteiger partial charge in [-0.05, 0) is 26.0 Å². The minimum Gasteiger partial charge on any atom is -0.465 e. The summed E-state index contributed by atoms with van der Waals surface area (Å²) in [4.78, 5) is 17.9. The van der Waals surface area contributed by atoms with Gasteiger partial charge in [-0.15, -0.1) is 0 Å². The zero-order chi connectivity index (χ0) is 17.0. The molecular formula is C16H23N3O4. The SMILES string of the molecule is COC(=O)c1cc(CN(C)Cc2nc(CC(C)C)no2)oc1C. The van der Waals surface area contributed by atoms with Gasteiger partial charge in [-0.1, -0.05) is 19.0 Å². The molecule has 7 nitrogen and oxygen atoms in total. The highest BCUT2D eigenvalue weighted by Gasteiger charge is 2.17. The van der Waals surface area contributed by atoms with Crippen LogP contribution in [-0.4, -0.2) is 35.2 Å². The number of hydrogen-bond donors (Lipinski definition) is 0. The van der Waals surface area contributed by atoms with Crippen LogP contribution in [0.25, 0.3) is 0 Å². The van der Waals surface area contributed by atoms with Gasteiger partial charge in [-0.25, -0.2) is 4.79 Å². The Labute approximate surface area is 135 Å². The maximum Gasteiger partial charge on any atom is 0.341 e. The smallest absolute Gasteiger partial charge is 0.341 e. The van der Waals surface area contributed by atoms with Crippen LogP contribution < -0.4 is 0 Å². The average Bonchev–Trinajstić information content (AvgIpc) is 3.04. The number of hydrogen-bond acceptors (Lipinski definition) is 7. The second-order valence-electron chi connectivity index (χ2n) is 6.05. The molecule has 0 aliphatic rings. The lowest BCUT2D eigenvalue weighted by atomic mass is 10.1. The molecule has 0 atom stereocenters. The van der Waals surface area contributed by atoms with E-state index in [1.54, 1.807) is 13.0 Å². The van der Waals surface area contributed by atoms with E-state index in [2.05, 4.69) is 24.0 Å². The molecule has 0 saturated heterocycles. The molecular weight excluding hydrogens is 298 g/mol. The molecule has 0 amide bonds. The van der Waals surface area contributed by atoms with Crippen LogP contribution in [0.5, 0.6) is 0 Å². The van der Waals surface area contributed by atoms with E-state index in [0.29, 0.717) is 42.0 Å². The number of carbonyl (C=O) groups excluding carboxylic acids is 1. The summed E-state index contributed by atoms with van der Waals surface area (Å²) in [5, 5.41) is 3.97. The average molecular weight is 321 g/mol. The van der Waals surface area contributed by atoms with Crippen LogP contribution in [0.15, 0.2) is 15.0 Å². The lowest BCUT2D eigenvalue weighted by Gasteiger charge is -2.11. The third-order valence-electron chi connectivity index (χ3n) is 3.31. The number of rotatable bonds is 7. The second kappa shape index (κ2) is 7.41. The topological polar surface area (TPSA) is 81.6 Å². The molecule has 0 N–H and O–H groups in total. The van der Waals surface area contributed by atoms with Gasteiger partial charge in [0, 0.05) is 6.42 Å². The molecule has 0 aromatic carbocycles. The number of methoxy groups -OCH3 is 1. The van der Waals surface area contributed by atoms with Crippen LogP contribution >= 0.6 is 0 Å². The molecule has 2 aromatic heterocycles. The third kappa shape index (κ3) is 4.66. The normalized spacial score (nSPS) is 11.4. The van der Waals surface area contributed by atoms with Gasteiger partial charge in [0.2, 0.25) is 5.89 Å². The van der Waals surface area contributed by atoms with E-state index in [4.69, 9.17) is 13.7 Å². The van der Waals surface area contributed by atoms with Gasteiger partial charge in [0.1, 0.15) is 17.1 Å². The molecule has 0 bridgehead atoms. The molecule has 0 radical (unpaired) electrons. The first kappa shape index (κ1) is 17.2. The summed E-state index contributed by atoms with van der Waals surface area (Å²) >= 11 is 0. The maximum absolute atomic E-state index is 11.6. The summed E-state index contributed by atoms with van der Waals surface area (Å²) in [6.45, 7) is 7.00. The molecule has 2 heterocycles. The van der Waals surface area contributed by atoms with Gasteiger partial charge < -0.3 is 13.7 Å².